The van der Waals surface area contributed by atoms with Crippen LogP contribution in [0.15, 0.2) is 35.1 Å². The second-order valence-corrected chi connectivity index (χ2v) is 5.59. The van der Waals surface area contributed by atoms with Gasteiger partial charge in [0.2, 0.25) is 0 Å². The highest BCUT2D eigenvalue weighted by molar-refractivity contribution is 9.10. The number of amides is 2. The molecule has 4 nitrogen and oxygen atoms in total. The van der Waals surface area contributed by atoms with Gasteiger partial charge in [-0.2, -0.15) is 0 Å². The smallest absolute Gasteiger partial charge is 0.319 e. The Morgan fingerprint density at radius 3 is 2.73 bits per heavy atom. The summed E-state index contributed by atoms with van der Waals surface area (Å²) in [5.74, 6) is -1.36. The molecule has 2 rings (SSSR count). The first-order valence-electron chi connectivity index (χ1n) is 6.51. The highest BCUT2D eigenvalue weighted by Crippen LogP contribution is 2.21. The Labute approximate surface area is 135 Å². The van der Waals surface area contributed by atoms with E-state index in [1.165, 1.54) is 6.07 Å². The first-order chi connectivity index (χ1) is 10.4. The van der Waals surface area contributed by atoms with Crippen LogP contribution in [0.25, 0.3) is 0 Å². The summed E-state index contributed by atoms with van der Waals surface area (Å²) in [4.78, 5) is 16.0. The summed E-state index contributed by atoms with van der Waals surface area (Å²) in [7, 11) is 0. The van der Waals surface area contributed by atoms with Crippen LogP contribution in [0.3, 0.4) is 0 Å². The maximum absolute atomic E-state index is 13.7. The lowest BCUT2D eigenvalue weighted by molar-refractivity contribution is 0.249. The van der Waals surface area contributed by atoms with Gasteiger partial charge in [-0.25, -0.2) is 18.6 Å². The van der Waals surface area contributed by atoms with E-state index in [1.54, 1.807) is 19.2 Å². The van der Waals surface area contributed by atoms with E-state index in [-0.39, 0.29) is 5.56 Å². The van der Waals surface area contributed by atoms with Crippen LogP contribution in [0, 0.1) is 18.6 Å². The molecule has 22 heavy (non-hydrogen) atoms. The molecule has 1 heterocycles. The van der Waals surface area contributed by atoms with Crippen LogP contribution < -0.4 is 10.6 Å². The second-order valence-electron chi connectivity index (χ2n) is 4.84. The number of anilines is 1. The molecule has 1 atom stereocenters. The highest BCUT2D eigenvalue weighted by atomic mass is 79.9. The minimum Gasteiger partial charge on any atom is -0.331 e. The van der Waals surface area contributed by atoms with Gasteiger partial charge >= 0.3 is 6.03 Å². The molecule has 1 unspecified atom stereocenters. The van der Waals surface area contributed by atoms with Crippen LogP contribution in [-0.2, 0) is 0 Å². The summed E-state index contributed by atoms with van der Waals surface area (Å²) in [5, 5.41) is 5.22. The summed E-state index contributed by atoms with van der Waals surface area (Å²) >= 11 is 3.23. The van der Waals surface area contributed by atoms with Gasteiger partial charge in [0, 0.05) is 17.8 Å². The SMILES string of the molecule is Cc1cnc(Br)c(NC(=O)NC(C)c2ccc(F)cc2F)c1. The number of aryl methyl sites for hydroxylation is 1. The minimum atomic E-state index is -0.703. The molecule has 0 aliphatic heterocycles. The van der Waals surface area contributed by atoms with Crippen molar-refractivity contribution < 1.29 is 13.6 Å². The number of benzene rings is 1. The van der Waals surface area contributed by atoms with E-state index in [0.717, 1.165) is 17.7 Å². The number of nitrogens with one attached hydrogen (secondary N) is 2. The lowest BCUT2D eigenvalue weighted by atomic mass is 10.1. The fourth-order valence-electron chi connectivity index (χ4n) is 1.93. The quantitative estimate of drug-likeness (QED) is 0.791. The monoisotopic (exact) mass is 369 g/mol. The van der Waals surface area contributed by atoms with Crippen molar-refractivity contribution in [2.24, 2.45) is 0 Å². The number of urea groups is 1. The van der Waals surface area contributed by atoms with Crippen molar-refractivity contribution in [3.05, 3.63) is 57.8 Å². The molecule has 0 aliphatic carbocycles. The van der Waals surface area contributed by atoms with Crippen LogP contribution in [-0.4, -0.2) is 11.0 Å². The van der Waals surface area contributed by atoms with Gasteiger partial charge < -0.3 is 10.6 Å². The Hall–Kier alpha value is -2.02. The van der Waals surface area contributed by atoms with Crippen LogP contribution in [0.4, 0.5) is 19.3 Å². The molecule has 2 amide bonds. The third-order valence-corrected chi connectivity index (χ3v) is 3.63. The van der Waals surface area contributed by atoms with Crippen molar-refractivity contribution in [2.45, 2.75) is 19.9 Å². The van der Waals surface area contributed by atoms with Gasteiger partial charge in [0.1, 0.15) is 16.2 Å². The van der Waals surface area contributed by atoms with Gasteiger partial charge in [0.05, 0.1) is 11.7 Å². The topological polar surface area (TPSA) is 54.0 Å². The van der Waals surface area contributed by atoms with E-state index < -0.39 is 23.7 Å². The summed E-state index contributed by atoms with van der Waals surface area (Å²) in [6, 6.07) is 3.86. The van der Waals surface area contributed by atoms with Crippen molar-refractivity contribution in [1.29, 1.82) is 0 Å². The highest BCUT2D eigenvalue weighted by Gasteiger charge is 2.15. The maximum Gasteiger partial charge on any atom is 0.319 e. The van der Waals surface area contributed by atoms with Gasteiger partial charge in [-0.15, -0.1) is 0 Å². The Kier molecular flexibility index (Phi) is 5.07. The number of nitrogens with zero attached hydrogens (tertiary/aromatic N) is 1. The van der Waals surface area contributed by atoms with Crippen LogP contribution in [0.5, 0.6) is 0 Å². The van der Waals surface area contributed by atoms with Gasteiger partial charge in [0.15, 0.2) is 0 Å². The average molecular weight is 370 g/mol. The van der Waals surface area contributed by atoms with Crippen molar-refractivity contribution in [3.63, 3.8) is 0 Å². The molecule has 116 valence electrons. The third-order valence-electron chi connectivity index (χ3n) is 3.00. The lowest BCUT2D eigenvalue weighted by Gasteiger charge is -2.16. The number of hydrogen-bond acceptors (Lipinski definition) is 2. The zero-order valence-corrected chi connectivity index (χ0v) is 13.5. The lowest BCUT2D eigenvalue weighted by Crippen LogP contribution is -2.31. The normalized spacial score (nSPS) is 11.9. The zero-order valence-electron chi connectivity index (χ0n) is 12.0. The molecule has 7 heteroatoms. The summed E-state index contributed by atoms with van der Waals surface area (Å²) in [6.45, 7) is 3.46. The van der Waals surface area contributed by atoms with E-state index in [1.807, 2.05) is 6.92 Å². The molecule has 0 saturated carbocycles. The van der Waals surface area contributed by atoms with Gasteiger partial charge in [-0.05, 0) is 47.5 Å². The van der Waals surface area contributed by atoms with E-state index >= 15 is 0 Å². The van der Waals surface area contributed by atoms with Crippen molar-refractivity contribution in [1.82, 2.24) is 10.3 Å². The Morgan fingerprint density at radius 2 is 2.05 bits per heavy atom. The molecule has 2 aromatic rings. The number of pyridine rings is 1. The van der Waals surface area contributed by atoms with Crippen LogP contribution >= 0.6 is 15.9 Å². The van der Waals surface area contributed by atoms with E-state index in [0.29, 0.717) is 10.3 Å². The fourth-order valence-corrected chi connectivity index (χ4v) is 2.24. The maximum atomic E-state index is 13.7. The molecule has 0 spiro atoms. The number of halogens is 3. The Bertz CT molecular complexity index is 709. The van der Waals surface area contributed by atoms with E-state index in [9.17, 15) is 13.6 Å². The molecular formula is C15H14BrF2N3O. The number of carbonyl (C=O) groups excluding carboxylic acids is 1. The number of aromatic nitrogens is 1. The minimum absolute atomic E-state index is 0.206. The third kappa shape index (κ3) is 4.00. The van der Waals surface area contributed by atoms with Crippen LogP contribution in [0.2, 0.25) is 0 Å². The Balaban J connectivity index is 2.06. The van der Waals surface area contributed by atoms with Crippen molar-refractivity contribution in [2.75, 3.05) is 5.32 Å². The molecule has 0 radical (unpaired) electrons. The Morgan fingerprint density at radius 1 is 1.32 bits per heavy atom. The fraction of sp³-hybridized carbons (Fsp3) is 0.200. The van der Waals surface area contributed by atoms with Gasteiger partial charge in [-0.3, -0.25) is 0 Å². The predicted molar refractivity (Wildman–Crippen MR) is 83.6 cm³/mol. The van der Waals surface area contributed by atoms with E-state index in [2.05, 4.69) is 31.5 Å². The largest absolute Gasteiger partial charge is 0.331 e. The van der Waals surface area contributed by atoms with Crippen LogP contribution in [0.1, 0.15) is 24.1 Å². The summed E-state index contributed by atoms with van der Waals surface area (Å²) in [5.41, 5.74) is 1.60. The van der Waals surface area contributed by atoms with Crippen molar-refractivity contribution in [3.8, 4) is 0 Å². The molecular weight excluding hydrogens is 356 g/mol. The van der Waals surface area contributed by atoms with Gasteiger partial charge in [0.25, 0.3) is 0 Å². The predicted octanol–water partition coefficient (Wildman–Crippen LogP) is 4.31. The second kappa shape index (κ2) is 6.83. The first-order valence-corrected chi connectivity index (χ1v) is 7.30. The molecule has 0 bridgehead atoms. The molecule has 0 aliphatic rings. The van der Waals surface area contributed by atoms with Crippen molar-refractivity contribution >= 4 is 27.6 Å². The molecule has 1 aromatic heterocycles. The first kappa shape index (κ1) is 16.4. The standard InChI is InChI=1S/C15H14BrF2N3O/c1-8-5-13(14(16)19-7-8)21-15(22)20-9(2)11-4-3-10(17)6-12(11)18/h3-7,9H,1-2H3,(H2,20,21,22). The zero-order chi connectivity index (χ0) is 16.3. The number of carbonyl (C=O) groups is 1. The summed E-state index contributed by atoms with van der Waals surface area (Å²) < 4.78 is 27.1. The molecule has 1 aromatic carbocycles. The van der Waals surface area contributed by atoms with E-state index in [4.69, 9.17) is 0 Å². The molecule has 0 fully saturated rings. The number of hydrogen-bond donors (Lipinski definition) is 2. The molecule has 0 saturated heterocycles. The number of rotatable bonds is 3. The van der Waals surface area contributed by atoms with Gasteiger partial charge in [-0.1, -0.05) is 6.07 Å². The average Bonchev–Trinajstić information content (AvgIpc) is 2.42. The molecule has 2 N–H and O–H groups in total. The summed E-state index contributed by atoms with van der Waals surface area (Å²) in [6.07, 6.45) is 1.66.